The zero-order valence-electron chi connectivity index (χ0n) is 13.3. The molecule has 0 aromatic carbocycles. The number of fused-ring (bicyclic) bond motifs is 1. The van der Waals surface area contributed by atoms with Gasteiger partial charge in [-0.25, -0.2) is 9.78 Å². The molecular weight excluding hydrogens is 318 g/mol. The molecule has 0 bridgehead atoms. The third-order valence-electron chi connectivity index (χ3n) is 3.55. The number of amides is 1. The first-order chi connectivity index (χ1) is 11.0. The van der Waals surface area contributed by atoms with Crippen LogP contribution < -0.4 is 17.0 Å². The number of aryl methyl sites for hydroxylation is 2. The maximum atomic E-state index is 12.2. The summed E-state index contributed by atoms with van der Waals surface area (Å²) in [5.41, 5.74) is 4.90. The fourth-order valence-electron chi connectivity index (χ4n) is 2.36. The van der Waals surface area contributed by atoms with Gasteiger partial charge < -0.3 is 10.3 Å². The van der Waals surface area contributed by atoms with Crippen LogP contribution in [0.2, 0.25) is 0 Å². The molecule has 0 spiro atoms. The van der Waals surface area contributed by atoms with E-state index >= 15 is 0 Å². The molecule has 0 saturated heterocycles. The van der Waals surface area contributed by atoms with Gasteiger partial charge in [-0.15, -0.1) is 0 Å². The van der Waals surface area contributed by atoms with Gasteiger partial charge in [0.1, 0.15) is 0 Å². The molecular formula is C14H21N5O3S. The Morgan fingerprint density at radius 3 is 2.70 bits per heavy atom. The lowest BCUT2D eigenvalue weighted by atomic mass is 10.2. The Hall–Kier alpha value is -2.03. The van der Waals surface area contributed by atoms with Crippen molar-refractivity contribution in [3.63, 3.8) is 0 Å². The Morgan fingerprint density at radius 2 is 2.04 bits per heavy atom. The summed E-state index contributed by atoms with van der Waals surface area (Å²) >= 11 is 1.18. The number of primary amides is 1. The smallest absolute Gasteiger partial charge is 0.329 e. The van der Waals surface area contributed by atoms with Gasteiger partial charge in [0.25, 0.3) is 5.56 Å². The molecule has 3 N–H and O–H groups in total. The molecule has 0 atom stereocenters. The first-order valence-electron chi connectivity index (χ1n) is 7.56. The van der Waals surface area contributed by atoms with Crippen LogP contribution in [0.3, 0.4) is 0 Å². The van der Waals surface area contributed by atoms with E-state index in [0.717, 1.165) is 25.7 Å². The van der Waals surface area contributed by atoms with Gasteiger partial charge in [0.05, 0.1) is 5.75 Å². The Labute approximate surface area is 137 Å². The first kappa shape index (κ1) is 17.3. The van der Waals surface area contributed by atoms with Crippen LogP contribution in [0, 0.1) is 0 Å². The van der Waals surface area contributed by atoms with Gasteiger partial charge in [0, 0.05) is 13.6 Å². The van der Waals surface area contributed by atoms with Crippen LogP contribution in [0.4, 0.5) is 0 Å². The van der Waals surface area contributed by atoms with E-state index in [1.165, 1.54) is 16.3 Å². The van der Waals surface area contributed by atoms with Gasteiger partial charge in [0.2, 0.25) is 5.91 Å². The number of H-pyrrole nitrogens is 1. The lowest BCUT2D eigenvalue weighted by Gasteiger charge is -2.07. The molecule has 0 aliphatic heterocycles. The number of carbonyl (C=O) groups excluding carboxylic acids is 1. The van der Waals surface area contributed by atoms with Crippen molar-refractivity contribution in [2.75, 3.05) is 5.75 Å². The van der Waals surface area contributed by atoms with Crippen LogP contribution in [-0.2, 0) is 18.4 Å². The van der Waals surface area contributed by atoms with E-state index in [9.17, 15) is 14.4 Å². The van der Waals surface area contributed by atoms with E-state index in [4.69, 9.17) is 5.73 Å². The maximum Gasteiger partial charge on any atom is 0.329 e. The molecule has 2 heterocycles. The SMILES string of the molecule is CCCCCCn1c(SCC(N)=O)nc2c1c(=O)[nH]c(=O)n2C. The van der Waals surface area contributed by atoms with Crippen molar-refractivity contribution in [1.29, 1.82) is 0 Å². The van der Waals surface area contributed by atoms with Crippen molar-refractivity contribution in [1.82, 2.24) is 19.1 Å². The van der Waals surface area contributed by atoms with E-state index < -0.39 is 17.2 Å². The largest absolute Gasteiger partial charge is 0.369 e. The highest BCUT2D eigenvalue weighted by Crippen LogP contribution is 2.22. The molecule has 0 fully saturated rings. The Kier molecular flexibility index (Phi) is 5.64. The number of thioether (sulfide) groups is 1. The topological polar surface area (TPSA) is 116 Å². The summed E-state index contributed by atoms with van der Waals surface area (Å²) in [6.45, 7) is 2.74. The highest BCUT2D eigenvalue weighted by Gasteiger charge is 2.17. The number of aromatic nitrogens is 4. The predicted molar refractivity (Wildman–Crippen MR) is 89.7 cm³/mol. The van der Waals surface area contributed by atoms with Crippen LogP contribution in [0.25, 0.3) is 11.2 Å². The average Bonchev–Trinajstić information content (AvgIpc) is 2.86. The highest BCUT2D eigenvalue weighted by molar-refractivity contribution is 7.99. The molecule has 0 unspecified atom stereocenters. The van der Waals surface area contributed by atoms with Crippen LogP contribution in [0.15, 0.2) is 14.7 Å². The van der Waals surface area contributed by atoms with Gasteiger partial charge in [-0.2, -0.15) is 0 Å². The number of carbonyl (C=O) groups is 1. The number of nitrogens with two attached hydrogens (primary N) is 1. The second-order valence-electron chi connectivity index (χ2n) is 5.35. The minimum atomic E-state index is -0.510. The van der Waals surface area contributed by atoms with Crippen molar-refractivity contribution in [3.05, 3.63) is 20.8 Å². The lowest BCUT2D eigenvalue weighted by Crippen LogP contribution is -2.29. The fourth-order valence-corrected chi connectivity index (χ4v) is 3.13. The number of hydrogen-bond donors (Lipinski definition) is 2. The number of rotatable bonds is 8. The Balaban J connectivity index is 2.47. The van der Waals surface area contributed by atoms with Gasteiger partial charge in [-0.1, -0.05) is 37.9 Å². The fraction of sp³-hybridized carbons (Fsp3) is 0.571. The van der Waals surface area contributed by atoms with Gasteiger partial charge >= 0.3 is 5.69 Å². The number of imidazole rings is 1. The second kappa shape index (κ2) is 7.49. The van der Waals surface area contributed by atoms with Crippen molar-refractivity contribution >= 4 is 28.8 Å². The summed E-state index contributed by atoms with van der Waals surface area (Å²) in [5.74, 6) is -0.383. The van der Waals surface area contributed by atoms with Gasteiger partial charge in [-0.05, 0) is 6.42 Å². The third kappa shape index (κ3) is 3.84. The molecule has 9 heteroatoms. The molecule has 2 aromatic heterocycles. The number of aromatic amines is 1. The molecule has 126 valence electrons. The molecule has 0 aliphatic rings. The first-order valence-corrected chi connectivity index (χ1v) is 8.55. The summed E-state index contributed by atoms with van der Waals surface area (Å²) in [6.07, 6.45) is 4.17. The minimum absolute atomic E-state index is 0.0735. The number of hydrogen-bond acceptors (Lipinski definition) is 5. The van der Waals surface area contributed by atoms with Gasteiger partial charge in [-0.3, -0.25) is 19.1 Å². The van der Waals surface area contributed by atoms with Crippen molar-refractivity contribution in [3.8, 4) is 0 Å². The number of nitrogens with one attached hydrogen (secondary N) is 1. The molecule has 0 saturated carbocycles. The highest BCUT2D eigenvalue weighted by atomic mass is 32.2. The predicted octanol–water partition coefficient (Wildman–Crippen LogP) is 0.581. The summed E-state index contributed by atoms with van der Waals surface area (Å²) in [7, 11) is 1.55. The summed E-state index contributed by atoms with van der Waals surface area (Å²) < 4.78 is 3.07. The van der Waals surface area contributed by atoms with E-state index in [1.807, 2.05) is 0 Å². The summed E-state index contributed by atoms with van der Waals surface area (Å²) in [4.78, 5) is 41.6. The van der Waals surface area contributed by atoms with Gasteiger partial charge in [0.15, 0.2) is 16.3 Å². The zero-order chi connectivity index (χ0) is 17.0. The van der Waals surface area contributed by atoms with Crippen LogP contribution in [-0.4, -0.2) is 30.8 Å². The monoisotopic (exact) mass is 339 g/mol. The average molecular weight is 339 g/mol. The Morgan fingerprint density at radius 1 is 1.30 bits per heavy atom. The van der Waals surface area contributed by atoms with E-state index in [2.05, 4.69) is 16.9 Å². The molecule has 8 nitrogen and oxygen atoms in total. The minimum Gasteiger partial charge on any atom is -0.369 e. The number of nitrogens with zero attached hydrogens (tertiary/aromatic N) is 3. The summed E-state index contributed by atoms with van der Waals surface area (Å²) in [6, 6.07) is 0. The molecule has 1 amide bonds. The van der Waals surface area contributed by atoms with Crippen LogP contribution in [0.5, 0.6) is 0 Å². The molecule has 0 aliphatic carbocycles. The van der Waals surface area contributed by atoms with Crippen LogP contribution in [0.1, 0.15) is 32.6 Å². The number of unbranched alkanes of at least 4 members (excludes halogenated alkanes) is 3. The molecule has 2 aromatic rings. The normalized spacial score (nSPS) is 11.2. The third-order valence-corrected chi connectivity index (χ3v) is 4.55. The molecule has 2 rings (SSSR count). The van der Waals surface area contributed by atoms with Crippen molar-refractivity contribution in [2.24, 2.45) is 12.8 Å². The Bertz CT molecular complexity index is 820. The molecule has 23 heavy (non-hydrogen) atoms. The maximum absolute atomic E-state index is 12.2. The quantitative estimate of drug-likeness (QED) is 0.539. The zero-order valence-corrected chi connectivity index (χ0v) is 14.1. The van der Waals surface area contributed by atoms with Crippen LogP contribution >= 0.6 is 11.8 Å². The standard InChI is InChI=1S/C14H21N5O3S/c1-3-4-5-6-7-19-10-11(16-14(19)23-8-9(15)20)18(2)13(22)17-12(10)21/h3-8H2,1-2H3,(H2,15,20)(H,17,21,22). The van der Waals surface area contributed by atoms with E-state index in [0.29, 0.717) is 22.9 Å². The summed E-state index contributed by atoms with van der Waals surface area (Å²) in [5, 5.41) is 0.530. The van der Waals surface area contributed by atoms with Crippen molar-refractivity contribution in [2.45, 2.75) is 44.3 Å². The van der Waals surface area contributed by atoms with E-state index in [-0.39, 0.29) is 5.75 Å². The lowest BCUT2D eigenvalue weighted by molar-refractivity contribution is -0.115. The molecule has 0 radical (unpaired) electrons. The van der Waals surface area contributed by atoms with Crippen molar-refractivity contribution < 1.29 is 4.79 Å². The second-order valence-corrected chi connectivity index (χ2v) is 6.29. The van der Waals surface area contributed by atoms with E-state index in [1.54, 1.807) is 11.6 Å².